The summed E-state index contributed by atoms with van der Waals surface area (Å²) in [5, 5.41) is 4.26. The molecule has 0 radical (unpaired) electrons. The number of halogens is 3. The minimum Gasteiger partial charge on any atom is -0.489 e. The molecule has 0 aliphatic rings. The normalized spacial score (nSPS) is 10.9. The number of hydrogen-bond acceptors (Lipinski definition) is 4. The Balaban J connectivity index is 2.14. The molecule has 0 bridgehead atoms. The lowest BCUT2D eigenvalue weighted by molar-refractivity contribution is 0.242. The van der Waals surface area contributed by atoms with Crippen molar-refractivity contribution in [1.82, 2.24) is 4.98 Å². The van der Waals surface area contributed by atoms with Gasteiger partial charge in [0.2, 0.25) is 0 Å². The maximum absolute atomic E-state index is 6.17. The van der Waals surface area contributed by atoms with Gasteiger partial charge in [0.15, 0.2) is 4.47 Å². The molecule has 0 amide bonds. The van der Waals surface area contributed by atoms with E-state index in [0.717, 1.165) is 10.6 Å². The van der Waals surface area contributed by atoms with Gasteiger partial charge in [-0.1, -0.05) is 34.8 Å². The van der Waals surface area contributed by atoms with Crippen LogP contribution in [0.4, 0.5) is 5.69 Å². The fourth-order valence-electron chi connectivity index (χ4n) is 1.56. The van der Waals surface area contributed by atoms with Gasteiger partial charge in [0, 0.05) is 17.1 Å². The van der Waals surface area contributed by atoms with Crippen molar-refractivity contribution in [3.63, 3.8) is 0 Å². The number of hydrogen-bond donors (Lipinski definition) is 1. The van der Waals surface area contributed by atoms with E-state index in [9.17, 15) is 0 Å². The van der Waals surface area contributed by atoms with Crippen molar-refractivity contribution in [2.75, 3.05) is 5.32 Å². The monoisotopic (exact) mass is 350 g/mol. The second-order valence-corrected chi connectivity index (χ2v) is 6.87. The van der Waals surface area contributed by atoms with Gasteiger partial charge in [0.25, 0.3) is 0 Å². The highest BCUT2D eigenvalue weighted by atomic mass is 35.5. The molecule has 1 heterocycles. The molecule has 3 nitrogen and oxygen atoms in total. The number of rotatable bonds is 5. The van der Waals surface area contributed by atoms with Crippen LogP contribution in [0.3, 0.4) is 0 Å². The van der Waals surface area contributed by atoms with Gasteiger partial charge in [-0.25, -0.2) is 4.98 Å². The van der Waals surface area contributed by atoms with Gasteiger partial charge in [-0.2, -0.15) is 0 Å². The van der Waals surface area contributed by atoms with Gasteiger partial charge < -0.3 is 10.1 Å². The molecule has 2 aromatic rings. The summed E-state index contributed by atoms with van der Waals surface area (Å²) < 4.78 is 6.16. The Labute approximate surface area is 136 Å². The molecule has 1 N–H and O–H groups in total. The van der Waals surface area contributed by atoms with Gasteiger partial charge in [-0.15, -0.1) is 11.3 Å². The summed E-state index contributed by atoms with van der Waals surface area (Å²) in [7, 11) is 0. The van der Waals surface area contributed by atoms with Crippen LogP contribution in [0.2, 0.25) is 14.5 Å². The molecule has 7 heteroatoms. The standard InChI is InChI=1S/C13H13Cl3N2OS/c1-7(2)19-12-4-11(9(14)3-10(12)15)17-5-8-6-18-13(16)20-8/h3-4,6-7,17H,5H2,1-2H3. The van der Waals surface area contributed by atoms with Crippen LogP contribution in [0, 0.1) is 0 Å². The molecule has 0 saturated carbocycles. The van der Waals surface area contributed by atoms with Crippen molar-refractivity contribution in [3.05, 3.63) is 37.7 Å². The second-order valence-electron chi connectivity index (χ2n) is 4.36. The summed E-state index contributed by atoms with van der Waals surface area (Å²) in [6.07, 6.45) is 1.77. The lowest BCUT2D eigenvalue weighted by atomic mass is 10.3. The molecule has 108 valence electrons. The van der Waals surface area contributed by atoms with Gasteiger partial charge in [0.05, 0.1) is 28.4 Å². The van der Waals surface area contributed by atoms with E-state index in [4.69, 9.17) is 39.5 Å². The Hall–Kier alpha value is -0.680. The fraction of sp³-hybridized carbons (Fsp3) is 0.308. The molecule has 0 aliphatic carbocycles. The first-order chi connectivity index (χ1) is 9.45. The van der Waals surface area contributed by atoms with Crippen molar-refractivity contribution in [3.8, 4) is 5.75 Å². The number of thiazole rings is 1. The van der Waals surface area contributed by atoms with Crippen molar-refractivity contribution >= 4 is 51.8 Å². The van der Waals surface area contributed by atoms with Crippen LogP contribution >= 0.6 is 46.1 Å². The highest BCUT2D eigenvalue weighted by Gasteiger charge is 2.10. The largest absolute Gasteiger partial charge is 0.489 e. The van der Waals surface area contributed by atoms with E-state index in [2.05, 4.69) is 10.3 Å². The van der Waals surface area contributed by atoms with Crippen LogP contribution in [0.25, 0.3) is 0 Å². The minimum atomic E-state index is 0.0434. The lowest BCUT2D eigenvalue weighted by Gasteiger charge is -2.14. The summed E-state index contributed by atoms with van der Waals surface area (Å²) in [4.78, 5) is 5.01. The molecule has 2 rings (SSSR count). The fourth-order valence-corrected chi connectivity index (χ4v) is 2.97. The van der Waals surface area contributed by atoms with Crippen molar-refractivity contribution in [2.45, 2.75) is 26.5 Å². The van der Waals surface area contributed by atoms with Gasteiger partial charge in [-0.3, -0.25) is 0 Å². The first-order valence-corrected chi connectivity index (χ1v) is 7.90. The van der Waals surface area contributed by atoms with Gasteiger partial charge in [-0.05, 0) is 19.9 Å². The first-order valence-electron chi connectivity index (χ1n) is 5.95. The third-order valence-electron chi connectivity index (χ3n) is 2.36. The molecule has 0 fully saturated rings. The summed E-state index contributed by atoms with van der Waals surface area (Å²) in [5.41, 5.74) is 0.760. The van der Waals surface area contributed by atoms with E-state index >= 15 is 0 Å². The van der Waals surface area contributed by atoms with Crippen molar-refractivity contribution in [2.24, 2.45) is 0 Å². The molecule has 0 aliphatic heterocycles. The lowest BCUT2D eigenvalue weighted by Crippen LogP contribution is -2.07. The number of benzene rings is 1. The molecule has 1 aromatic heterocycles. The third kappa shape index (κ3) is 4.16. The average molecular weight is 352 g/mol. The van der Waals surface area contributed by atoms with Gasteiger partial charge >= 0.3 is 0 Å². The number of aromatic nitrogens is 1. The van der Waals surface area contributed by atoms with E-state index in [0.29, 0.717) is 26.8 Å². The highest BCUT2D eigenvalue weighted by molar-refractivity contribution is 7.15. The predicted octanol–water partition coefficient (Wildman–Crippen LogP) is 5.50. The quantitative estimate of drug-likeness (QED) is 0.772. The number of ether oxygens (including phenoxy) is 1. The molecular formula is C13H13Cl3N2OS. The first kappa shape index (κ1) is 15.7. The maximum atomic E-state index is 6.17. The molecule has 0 unspecified atom stereocenters. The van der Waals surface area contributed by atoms with E-state index < -0.39 is 0 Å². The minimum absolute atomic E-state index is 0.0434. The van der Waals surface area contributed by atoms with Crippen LogP contribution in [0.5, 0.6) is 5.75 Å². The Bertz CT molecular complexity index is 601. The van der Waals surface area contributed by atoms with Crippen LogP contribution in [-0.2, 0) is 6.54 Å². The molecule has 20 heavy (non-hydrogen) atoms. The molecule has 0 spiro atoms. The Morgan fingerprint density at radius 3 is 2.60 bits per heavy atom. The van der Waals surface area contributed by atoms with E-state index in [1.54, 1.807) is 18.3 Å². The van der Waals surface area contributed by atoms with Crippen molar-refractivity contribution in [1.29, 1.82) is 0 Å². The summed E-state index contributed by atoms with van der Waals surface area (Å²) in [6, 6.07) is 3.47. The van der Waals surface area contributed by atoms with Crippen LogP contribution in [0.1, 0.15) is 18.7 Å². The zero-order valence-corrected chi connectivity index (χ0v) is 14.0. The molecule has 0 atom stereocenters. The summed E-state index contributed by atoms with van der Waals surface area (Å²) in [5.74, 6) is 0.607. The zero-order chi connectivity index (χ0) is 14.7. The summed E-state index contributed by atoms with van der Waals surface area (Å²) >= 11 is 19.5. The van der Waals surface area contributed by atoms with E-state index in [-0.39, 0.29) is 6.10 Å². The number of nitrogens with zero attached hydrogens (tertiary/aromatic N) is 1. The van der Waals surface area contributed by atoms with Crippen LogP contribution in [-0.4, -0.2) is 11.1 Å². The average Bonchev–Trinajstić information content (AvgIpc) is 2.76. The Morgan fingerprint density at radius 1 is 1.25 bits per heavy atom. The molecular weight excluding hydrogens is 339 g/mol. The molecule has 0 saturated heterocycles. The predicted molar refractivity (Wildman–Crippen MR) is 86.7 cm³/mol. The van der Waals surface area contributed by atoms with Crippen molar-refractivity contribution < 1.29 is 4.74 Å². The Morgan fingerprint density at radius 2 is 2.00 bits per heavy atom. The second kappa shape index (κ2) is 6.85. The summed E-state index contributed by atoms with van der Waals surface area (Å²) in [6.45, 7) is 4.47. The SMILES string of the molecule is CC(C)Oc1cc(NCc2cnc(Cl)s2)c(Cl)cc1Cl. The van der Waals surface area contributed by atoms with Gasteiger partial charge in [0.1, 0.15) is 5.75 Å². The Kier molecular flexibility index (Phi) is 5.38. The maximum Gasteiger partial charge on any atom is 0.183 e. The van der Waals surface area contributed by atoms with E-state index in [1.807, 2.05) is 13.8 Å². The number of anilines is 1. The van der Waals surface area contributed by atoms with Crippen LogP contribution in [0.15, 0.2) is 18.3 Å². The number of nitrogens with one attached hydrogen (secondary N) is 1. The third-order valence-corrected chi connectivity index (χ3v) is 4.09. The topological polar surface area (TPSA) is 34.1 Å². The van der Waals surface area contributed by atoms with E-state index in [1.165, 1.54) is 11.3 Å². The molecule has 1 aromatic carbocycles. The zero-order valence-electron chi connectivity index (χ0n) is 10.9. The van der Waals surface area contributed by atoms with Crippen LogP contribution < -0.4 is 10.1 Å². The highest BCUT2D eigenvalue weighted by Crippen LogP contribution is 2.35. The smallest absolute Gasteiger partial charge is 0.183 e.